The minimum Gasteiger partial charge on any atom is -0.462 e. The molecule has 0 N–H and O–H groups in total. The first-order chi connectivity index (χ1) is 11.1. The van der Waals surface area contributed by atoms with Gasteiger partial charge in [0.05, 0.1) is 6.61 Å². The van der Waals surface area contributed by atoms with E-state index < -0.39 is 0 Å². The third kappa shape index (κ3) is 6.11. The molecule has 120 valence electrons. The Morgan fingerprint density at radius 3 is 1.87 bits per heavy atom. The van der Waals surface area contributed by atoms with Crippen molar-refractivity contribution in [3.8, 4) is 0 Å². The van der Waals surface area contributed by atoms with Crippen LogP contribution in [0.3, 0.4) is 0 Å². The molecule has 2 rings (SSSR count). The fraction of sp³-hybridized carbons (Fsp3) is 0.286. The molecule has 0 aliphatic heterocycles. The van der Waals surface area contributed by atoms with Crippen LogP contribution < -0.4 is 0 Å². The van der Waals surface area contributed by atoms with E-state index in [9.17, 15) is 4.79 Å². The van der Waals surface area contributed by atoms with Crippen molar-refractivity contribution in [1.29, 1.82) is 0 Å². The molecule has 0 aliphatic rings. The molecule has 0 saturated heterocycles. The van der Waals surface area contributed by atoms with E-state index in [1.807, 2.05) is 12.1 Å². The Hall–Kier alpha value is -2.35. The predicted molar refractivity (Wildman–Crippen MR) is 94.2 cm³/mol. The Morgan fingerprint density at radius 2 is 1.43 bits per heavy atom. The topological polar surface area (TPSA) is 26.3 Å². The second kappa shape index (κ2) is 8.94. The van der Waals surface area contributed by atoms with Gasteiger partial charge in [-0.3, -0.25) is 0 Å². The molecule has 2 nitrogen and oxygen atoms in total. The van der Waals surface area contributed by atoms with Crippen molar-refractivity contribution >= 4 is 5.97 Å². The van der Waals surface area contributed by atoms with Crippen LogP contribution in [-0.4, -0.2) is 12.6 Å². The molecule has 0 radical (unpaired) electrons. The summed E-state index contributed by atoms with van der Waals surface area (Å²) in [6, 6.07) is 20.9. The molecular weight excluding hydrogens is 284 g/mol. The van der Waals surface area contributed by atoms with Gasteiger partial charge in [0.2, 0.25) is 0 Å². The smallest absolute Gasteiger partial charge is 0.333 e. The summed E-state index contributed by atoms with van der Waals surface area (Å²) < 4.78 is 5.27. The summed E-state index contributed by atoms with van der Waals surface area (Å²) >= 11 is 0. The molecule has 0 spiro atoms. The molecule has 0 aliphatic carbocycles. The molecule has 0 atom stereocenters. The van der Waals surface area contributed by atoms with Gasteiger partial charge in [-0.1, -0.05) is 67.2 Å². The van der Waals surface area contributed by atoms with Crippen LogP contribution in [0.1, 0.15) is 24.5 Å². The van der Waals surface area contributed by atoms with Gasteiger partial charge in [0.15, 0.2) is 0 Å². The highest BCUT2D eigenvalue weighted by Gasteiger charge is 2.12. The van der Waals surface area contributed by atoms with Crippen LogP contribution in [0.5, 0.6) is 0 Å². The molecule has 2 aromatic rings. The van der Waals surface area contributed by atoms with Crippen molar-refractivity contribution in [2.45, 2.75) is 26.2 Å². The Balaban J connectivity index is 1.96. The molecule has 0 unspecified atom stereocenters. The highest BCUT2D eigenvalue weighted by atomic mass is 16.5. The van der Waals surface area contributed by atoms with E-state index in [2.05, 4.69) is 55.1 Å². The van der Waals surface area contributed by atoms with E-state index >= 15 is 0 Å². The number of benzene rings is 2. The number of carbonyl (C=O) groups excluding carboxylic acids is 1. The maximum atomic E-state index is 11.5. The van der Waals surface area contributed by atoms with E-state index in [1.54, 1.807) is 6.92 Å². The van der Waals surface area contributed by atoms with Crippen molar-refractivity contribution in [3.63, 3.8) is 0 Å². The van der Waals surface area contributed by atoms with Gasteiger partial charge >= 0.3 is 5.97 Å². The molecule has 2 aromatic carbocycles. The number of ether oxygens (including phenoxy) is 1. The van der Waals surface area contributed by atoms with Crippen LogP contribution >= 0.6 is 0 Å². The molecule has 0 heterocycles. The summed E-state index contributed by atoms with van der Waals surface area (Å²) in [4.78, 5) is 11.5. The number of rotatable bonds is 8. The average Bonchev–Trinajstić information content (AvgIpc) is 2.56. The first-order valence-electron chi connectivity index (χ1n) is 8.05. The van der Waals surface area contributed by atoms with Crippen molar-refractivity contribution in [1.82, 2.24) is 0 Å². The van der Waals surface area contributed by atoms with Gasteiger partial charge in [-0.05, 0) is 43.2 Å². The summed E-state index contributed by atoms with van der Waals surface area (Å²) in [5, 5.41) is 0. The highest BCUT2D eigenvalue weighted by Crippen LogP contribution is 2.18. The fourth-order valence-electron chi connectivity index (χ4n) is 2.61. The maximum Gasteiger partial charge on any atom is 0.333 e. The molecule has 0 bridgehead atoms. The third-order valence-electron chi connectivity index (χ3n) is 3.84. The van der Waals surface area contributed by atoms with E-state index in [0.29, 0.717) is 18.1 Å². The van der Waals surface area contributed by atoms with Crippen LogP contribution in [-0.2, 0) is 22.4 Å². The monoisotopic (exact) mass is 308 g/mol. The molecule has 2 heteroatoms. The highest BCUT2D eigenvalue weighted by molar-refractivity contribution is 5.86. The minimum atomic E-state index is -0.303. The van der Waals surface area contributed by atoms with Crippen LogP contribution in [0.2, 0.25) is 0 Å². The van der Waals surface area contributed by atoms with Crippen molar-refractivity contribution < 1.29 is 9.53 Å². The van der Waals surface area contributed by atoms with E-state index in [0.717, 1.165) is 19.3 Å². The molecule has 0 amide bonds. The van der Waals surface area contributed by atoms with Gasteiger partial charge < -0.3 is 4.74 Å². The zero-order chi connectivity index (χ0) is 16.5. The zero-order valence-corrected chi connectivity index (χ0v) is 13.7. The SMILES string of the molecule is C=C(C)C(=O)OCCC(Cc1ccccc1)Cc1ccccc1. The minimum absolute atomic E-state index is 0.303. The van der Waals surface area contributed by atoms with Crippen molar-refractivity contribution in [2.75, 3.05) is 6.61 Å². The number of esters is 1. The van der Waals surface area contributed by atoms with Crippen molar-refractivity contribution in [2.24, 2.45) is 5.92 Å². The van der Waals surface area contributed by atoms with Gasteiger partial charge in [-0.2, -0.15) is 0 Å². The van der Waals surface area contributed by atoms with Gasteiger partial charge in [0, 0.05) is 5.57 Å². The largest absolute Gasteiger partial charge is 0.462 e. The van der Waals surface area contributed by atoms with Crippen LogP contribution in [0, 0.1) is 5.92 Å². The fourth-order valence-corrected chi connectivity index (χ4v) is 2.61. The Kier molecular flexibility index (Phi) is 6.61. The third-order valence-corrected chi connectivity index (χ3v) is 3.84. The lowest BCUT2D eigenvalue weighted by Gasteiger charge is -2.17. The van der Waals surface area contributed by atoms with Gasteiger partial charge in [-0.25, -0.2) is 4.79 Å². The van der Waals surface area contributed by atoms with Gasteiger partial charge in [0.1, 0.15) is 0 Å². The predicted octanol–water partition coefficient (Wildman–Crippen LogP) is 4.60. The second-order valence-corrected chi connectivity index (χ2v) is 5.95. The molecule has 23 heavy (non-hydrogen) atoms. The Labute approximate surface area is 138 Å². The Morgan fingerprint density at radius 1 is 0.957 bits per heavy atom. The van der Waals surface area contributed by atoms with E-state index in [1.165, 1.54) is 11.1 Å². The van der Waals surface area contributed by atoms with Gasteiger partial charge in [0.25, 0.3) is 0 Å². The Bertz CT molecular complexity index is 575. The molecule has 0 aromatic heterocycles. The van der Waals surface area contributed by atoms with Crippen molar-refractivity contribution in [3.05, 3.63) is 83.9 Å². The standard InChI is InChI=1S/C21H24O2/c1-17(2)21(22)23-14-13-20(15-18-9-5-3-6-10-18)16-19-11-7-4-8-12-19/h3-12,20H,1,13-16H2,2H3. The summed E-state index contributed by atoms with van der Waals surface area (Å²) in [5.41, 5.74) is 3.09. The normalized spacial score (nSPS) is 10.5. The van der Waals surface area contributed by atoms with E-state index in [-0.39, 0.29) is 5.97 Å². The lowest BCUT2D eigenvalue weighted by atomic mass is 9.90. The molecule has 0 saturated carbocycles. The zero-order valence-electron chi connectivity index (χ0n) is 13.7. The molecular formula is C21H24O2. The number of carbonyl (C=O) groups is 1. The number of hydrogen-bond acceptors (Lipinski definition) is 2. The lowest BCUT2D eigenvalue weighted by molar-refractivity contribution is -0.139. The van der Waals surface area contributed by atoms with Crippen LogP contribution in [0.15, 0.2) is 72.8 Å². The van der Waals surface area contributed by atoms with Gasteiger partial charge in [-0.15, -0.1) is 0 Å². The van der Waals surface area contributed by atoms with Crippen LogP contribution in [0.25, 0.3) is 0 Å². The first-order valence-corrected chi connectivity index (χ1v) is 8.05. The first kappa shape index (κ1) is 17.0. The second-order valence-electron chi connectivity index (χ2n) is 5.95. The lowest BCUT2D eigenvalue weighted by Crippen LogP contribution is -2.14. The van der Waals surface area contributed by atoms with E-state index in [4.69, 9.17) is 4.74 Å². The summed E-state index contributed by atoms with van der Waals surface area (Å²) in [7, 11) is 0. The summed E-state index contributed by atoms with van der Waals surface area (Å²) in [6.45, 7) is 5.73. The number of hydrogen-bond donors (Lipinski definition) is 0. The maximum absolute atomic E-state index is 11.5. The summed E-state index contributed by atoms with van der Waals surface area (Å²) in [6.07, 6.45) is 2.82. The van der Waals surface area contributed by atoms with Crippen LogP contribution in [0.4, 0.5) is 0 Å². The molecule has 0 fully saturated rings. The average molecular weight is 308 g/mol. The quantitative estimate of drug-likeness (QED) is 0.526. The summed E-state index contributed by atoms with van der Waals surface area (Å²) in [5.74, 6) is 0.140.